The first-order valence-corrected chi connectivity index (χ1v) is 8.57. The number of hydrogen-bond donors (Lipinski definition) is 1. The van der Waals surface area contributed by atoms with E-state index in [1.165, 1.54) is 6.07 Å². The number of anilines is 1. The summed E-state index contributed by atoms with van der Waals surface area (Å²) in [6, 6.07) is 13.2. The number of nitrogens with two attached hydrogens (primary N) is 1. The highest BCUT2D eigenvalue weighted by atomic mass is 79.9. The van der Waals surface area contributed by atoms with E-state index in [0.29, 0.717) is 31.3 Å². The fraction of sp³-hybridized carbons (Fsp3) is 0. The van der Waals surface area contributed by atoms with Crippen molar-refractivity contribution in [3.05, 3.63) is 68.4 Å². The van der Waals surface area contributed by atoms with Crippen LogP contribution in [0.2, 0.25) is 10.0 Å². The molecule has 0 fully saturated rings. The van der Waals surface area contributed by atoms with E-state index in [0.717, 1.165) is 0 Å². The molecule has 124 valence electrons. The molecule has 25 heavy (non-hydrogen) atoms. The highest BCUT2D eigenvalue weighted by Gasteiger charge is 2.17. The summed E-state index contributed by atoms with van der Waals surface area (Å²) in [5.74, 6) is -0.458. The second-order valence-electron chi connectivity index (χ2n) is 5.18. The van der Waals surface area contributed by atoms with Crippen LogP contribution in [-0.2, 0) is 0 Å². The lowest BCUT2D eigenvalue weighted by atomic mass is 9.98. The Kier molecular flexibility index (Phi) is 4.96. The zero-order valence-corrected chi connectivity index (χ0v) is 15.6. The molecular weight excluding hydrogens is 428 g/mol. The Hall–Kier alpha value is -2.13. The predicted molar refractivity (Wildman–Crippen MR) is 102 cm³/mol. The van der Waals surface area contributed by atoms with Crippen LogP contribution in [0.15, 0.2) is 46.9 Å². The molecule has 0 amide bonds. The molecule has 3 rings (SSSR count). The summed E-state index contributed by atoms with van der Waals surface area (Å²) < 4.78 is 15.0. The maximum atomic E-state index is 14.4. The number of nitriles is 1. The number of nitrogen functional groups attached to an aromatic ring is 1. The standard InChI is InChI=1S/C18H9BrCl2FN3/c19-10-2-3-11(16(22)6-10)12-7-17(25-18(24)13(12)8-23)9-1-4-14(20)15(21)5-9/h1-7H,(H2,24,25). The molecule has 0 radical (unpaired) electrons. The molecule has 0 unspecified atom stereocenters. The Morgan fingerprint density at radius 2 is 1.80 bits per heavy atom. The number of pyridine rings is 1. The van der Waals surface area contributed by atoms with Crippen molar-refractivity contribution in [3.8, 4) is 28.5 Å². The van der Waals surface area contributed by atoms with Crippen molar-refractivity contribution in [3.63, 3.8) is 0 Å². The molecule has 1 aromatic heterocycles. The first-order valence-electron chi connectivity index (χ1n) is 7.02. The first-order chi connectivity index (χ1) is 11.9. The van der Waals surface area contributed by atoms with E-state index in [2.05, 4.69) is 20.9 Å². The average molecular weight is 437 g/mol. The molecular formula is C18H9BrCl2FN3. The van der Waals surface area contributed by atoms with Gasteiger partial charge < -0.3 is 5.73 Å². The summed E-state index contributed by atoms with van der Waals surface area (Å²) in [4.78, 5) is 4.24. The summed E-state index contributed by atoms with van der Waals surface area (Å²) in [5, 5.41) is 10.2. The van der Waals surface area contributed by atoms with Crippen molar-refractivity contribution in [2.24, 2.45) is 0 Å². The van der Waals surface area contributed by atoms with Crippen LogP contribution >= 0.6 is 39.1 Å². The smallest absolute Gasteiger partial charge is 0.142 e. The van der Waals surface area contributed by atoms with Crippen molar-refractivity contribution in [2.45, 2.75) is 0 Å². The zero-order chi connectivity index (χ0) is 18.1. The van der Waals surface area contributed by atoms with Crippen molar-refractivity contribution < 1.29 is 4.39 Å². The highest BCUT2D eigenvalue weighted by Crippen LogP contribution is 2.35. The summed E-state index contributed by atoms with van der Waals surface area (Å²) >= 11 is 15.2. The van der Waals surface area contributed by atoms with Crippen LogP contribution in [0.5, 0.6) is 0 Å². The van der Waals surface area contributed by atoms with Gasteiger partial charge in [0.05, 0.1) is 15.7 Å². The largest absolute Gasteiger partial charge is 0.383 e. The summed E-state index contributed by atoms with van der Waals surface area (Å²) in [6.45, 7) is 0. The molecule has 3 aromatic rings. The number of halogens is 4. The molecule has 0 atom stereocenters. The number of hydrogen-bond acceptors (Lipinski definition) is 3. The number of rotatable bonds is 2. The van der Waals surface area contributed by atoms with Gasteiger partial charge in [-0.25, -0.2) is 9.37 Å². The van der Waals surface area contributed by atoms with Crippen molar-refractivity contribution >= 4 is 44.9 Å². The third kappa shape index (κ3) is 3.47. The third-order valence-electron chi connectivity index (χ3n) is 3.60. The van der Waals surface area contributed by atoms with E-state index >= 15 is 0 Å². The number of aromatic nitrogens is 1. The summed E-state index contributed by atoms with van der Waals surface area (Å²) in [7, 11) is 0. The van der Waals surface area contributed by atoms with Gasteiger partial charge in [-0.1, -0.05) is 51.3 Å². The van der Waals surface area contributed by atoms with Gasteiger partial charge in [0, 0.05) is 21.2 Å². The van der Waals surface area contributed by atoms with Gasteiger partial charge in [-0.15, -0.1) is 0 Å². The maximum absolute atomic E-state index is 14.4. The number of nitrogens with zero attached hydrogens (tertiary/aromatic N) is 2. The normalized spacial score (nSPS) is 10.5. The fourth-order valence-corrected chi connectivity index (χ4v) is 3.04. The van der Waals surface area contributed by atoms with Gasteiger partial charge >= 0.3 is 0 Å². The SMILES string of the molecule is N#Cc1c(-c2ccc(Br)cc2F)cc(-c2ccc(Cl)c(Cl)c2)nc1N. The molecule has 0 aliphatic carbocycles. The lowest BCUT2D eigenvalue weighted by molar-refractivity contribution is 0.630. The van der Waals surface area contributed by atoms with Crippen LogP contribution in [0.25, 0.3) is 22.4 Å². The van der Waals surface area contributed by atoms with Gasteiger partial charge in [-0.2, -0.15) is 5.26 Å². The lowest BCUT2D eigenvalue weighted by Gasteiger charge is -2.11. The van der Waals surface area contributed by atoms with Gasteiger partial charge in [0.1, 0.15) is 23.3 Å². The van der Waals surface area contributed by atoms with Crippen molar-refractivity contribution in [1.82, 2.24) is 4.98 Å². The summed E-state index contributed by atoms with van der Waals surface area (Å²) in [5.41, 5.74) is 7.79. The van der Waals surface area contributed by atoms with Crippen LogP contribution < -0.4 is 5.73 Å². The first kappa shape index (κ1) is 17.7. The van der Waals surface area contributed by atoms with E-state index in [-0.39, 0.29) is 16.9 Å². The van der Waals surface area contributed by atoms with Crippen molar-refractivity contribution in [1.29, 1.82) is 5.26 Å². The van der Waals surface area contributed by atoms with E-state index in [4.69, 9.17) is 28.9 Å². The predicted octanol–water partition coefficient (Wildman–Crippen LogP) is 6.08. The van der Waals surface area contributed by atoms with E-state index in [9.17, 15) is 9.65 Å². The van der Waals surface area contributed by atoms with Crippen LogP contribution in [0.1, 0.15) is 5.56 Å². The Balaban J connectivity index is 2.26. The third-order valence-corrected chi connectivity index (χ3v) is 4.83. The van der Waals surface area contributed by atoms with E-state index in [1.807, 2.05) is 6.07 Å². The quantitative estimate of drug-likeness (QED) is 0.529. The minimum absolute atomic E-state index is 0.0170. The Labute approximate surface area is 162 Å². The fourth-order valence-electron chi connectivity index (χ4n) is 2.41. The van der Waals surface area contributed by atoms with Gasteiger partial charge in [0.2, 0.25) is 0 Å². The van der Waals surface area contributed by atoms with Crippen LogP contribution in [-0.4, -0.2) is 4.98 Å². The van der Waals surface area contributed by atoms with Crippen molar-refractivity contribution in [2.75, 3.05) is 5.73 Å². The molecule has 2 aromatic carbocycles. The average Bonchev–Trinajstić information content (AvgIpc) is 2.56. The van der Waals surface area contributed by atoms with Crippen LogP contribution in [0, 0.1) is 17.1 Å². The summed E-state index contributed by atoms with van der Waals surface area (Å²) in [6.07, 6.45) is 0. The maximum Gasteiger partial charge on any atom is 0.142 e. The minimum atomic E-state index is -0.475. The van der Waals surface area contributed by atoms with Crippen LogP contribution in [0.3, 0.4) is 0 Å². The molecule has 3 nitrogen and oxygen atoms in total. The highest BCUT2D eigenvalue weighted by molar-refractivity contribution is 9.10. The molecule has 0 saturated carbocycles. The molecule has 0 spiro atoms. The zero-order valence-electron chi connectivity index (χ0n) is 12.5. The molecule has 2 N–H and O–H groups in total. The topological polar surface area (TPSA) is 62.7 Å². The van der Waals surface area contributed by atoms with Gasteiger partial charge in [-0.05, 0) is 30.3 Å². The van der Waals surface area contributed by atoms with Crippen LogP contribution in [0.4, 0.5) is 10.2 Å². The Morgan fingerprint density at radius 1 is 1.04 bits per heavy atom. The Morgan fingerprint density at radius 3 is 2.44 bits per heavy atom. The van der Waals surface area contributed by atoms with Gasteiger partial charge in [-0.3, -0.25) is 0 Å². The lowest BCUT2D eigenvalue weighted by Crippen LogP contribution is -2.00. The number of benzene rings is 2. The molecule has 0 aliphatic rings. The molecule has 0 saturated heterocycles. The minimum Gasteiger partial charge on any atom is -0.383 e. The molecule has 0 bridgehead atoms. The van der Waals surface area contributed by atoms with E-state index < -0.39 is 5.82 Å². The monoisotopic (exact) mass is 435 g/mol. The Bertz CT molecular complexity index is 1030. The molecule has 1 heterocycles. The van der Waals surface area contributed by atoms with Gasteiger partial charge in [0.15, 0.2) is 0 Å². The molecule has 0 aliphatic heterocycles. The second-order valence-corrected chi connectivity index (χ2v) is 6.91. The van der Waals surface area contributed by atoms with Gasteiger partial charge in [0.25, 0.3) is 0 Å². The van der Waals surface area contributed by atoms with E-state index in [1.54, 1.807) is 36.4 Å². The second kappa shape index (κ2) is 7.01. The molecule has 7 heteroatoms.